The zero-order valence-electron chi connectivity index (χ0n) is 18.2. The van der Waals surface area contributed by atoms with Crippen LogP contribution in [0.15, 0.2) is 57.6 Å². The quantitative estimate of drug-likeness (QED) is 0.515. The molecule has 4 rings (SSSR count). The van der Waals surface area contributed by atoms with Crippen molar-refractivity contribution in [1.82, 2.24) is 0 Å². The maximum absolute atomic E-state index is 13.3. The lowest BCUT2D eigenvalue weighted by Gasteiger charge is -2.24. The molecule has 1 amide bonds. The highest BCUT2D eigenvalue weighted by atomic mass is 32.2. The van der Waals surface area contributed by atoms with Crippen LogP contribution in [0.4, 0.5) is 5.69 Å². The van der Waals surface area contributed by atoms with Crippen LogP contribution >= 0.6 is 11.3 Å². The molecular weight excluding hydrogens is 446 g/mol. The highest BCUT2D eigenvalue weighted by Crippen LogP contribution is 2.47. The van der Waals surface area contributed by atoms with Gasteiger partial charge in [-0.25, -0.2) is 8.42 Å². The van der Waals surface area contributed by atoms with Crippen LogP contribution in [-0.2, 0) is 14.6 Å². The summed E-state index contributed by atoms with van der Waals surface area (Å²) in [6.45, 7) is 6.65. The molecule has 2 heterocycles. The van der Waals surface area contributed by atoms with E-state index in [1.54, 1.807) is 23.6 Å². The van der Waals surface area contributed by atoms with Gasteiger partial charge in [-0.3, -0.25) is 4.79 Å². The summed E-state index contributed by atoms with van der Waals surface area (Å²) >= 11 is 1.35. The number of hydrogen-bond donors (Lipinski definition) is 1. The Labute approximate surface area is 192 Å². The number of anilines is 1. The fourth-order valence-electron chi connectivity index (χ4n) is 3.87. The highest BCUT2D eigenvalue weighted by Gasteiger charge is 2.34. The Balaban J connectivity index is 1.78. The Morgan fingerprint density at radius 3 is 2.53 bits per heavy atom. The highest BCUT2D eigenvalue weighted by molar-refractivity contribution is 7.91. The normalized spacial score (nSPS) is 15.7. The lowest BCUT2D eigenvalue weighted by atomic mass is 9.90. The van der Waals surface area contributed by atoms with E-state index in [1.165, 1.54) is 11.3 Å². The van der Waals surface area contributed by atoms with Crippen LogP contribution in [0.5, 0.6) is 11.5 Å². The van der Waals surface area contributed by atoms with Crippen molar-refractivity contribution in [1.29, 1.82) is 0 Å². The molecule has 3 aromatic rings. The number of amides is 1. The summed E-state index contributed by atoms with van der Waals surface area (Å²) in [6.07, 6.45) is 0.233. The largest absolute Gasteiger partial charge is 0.490 e. The smallest absolute Gasteiger partial charge is 0.225 e. The summed E-state index contributed by atoms with van der Waals surface area (Å²) in [5.41, 5.74) is 2.12. The molecule has 6 nitrogen and oxygen atoms in total. The van der Waals surface area contributed by atoms with Gasteiger partial charge in [-0.15, -0.1) is 11.3 Å². The van der Waals surface area contributed by atoms with Crippen LogP contribution < -0.4 is 14.8 Å². The number of aryl methyl sites for hydroxylation is 1. The topological polar surface area (TPSA) is 81.7 Å². The number of carbonyl (C=O) groups excluding carboxylic acids is 1. The molecule has 1 unspecified atom stereocenters. The molecular formula is C24H25NO5S2. The predicted octanol–water partition coefficient (Wildman–Crippen LogP) is 5.16. The molecule has 1 aliphatic rings. The molecule has 0 bridgehead atoms. The van der Waals surface area contributed by atoms with Crippen LogP contribution in [0.1, 0.15) is 42.2 Å². The second-order valence-electron chi connectivity index (χ2n) is 7.54. The molecule has 0 aliphatic carbocycles. The van der Waals surface area contributed by atoms with Crippen molar-refractivity contribution in [2.75, 3.05) is 18.5 Å². The number of hydrogen-bond acceptors (Lipinski definition) is 6. The maximum atomic E-state index is 13.3. The Bertz CT molecular complexity index is 1260. The predicted molar refractivity (Wildman–Crippen MR) is 125 cm³/mol. The molecule has 1 N–H and O–H groups in total. The molecule has 32 heavy (non-hydrogen) atoms. The first-order chi connectivity index (χ1) is 15.3. The molecule has 1 aromatic heterocycles. The Hall–Kier alpha value is -2.84. The van der Waals surface area contributed by atoms with Crippen molar-refractivity contribution in [2.24, 2.45) is 0 Å². The van der Waals surface area contributed by atoms with E-state index in [1.807, 2.05) is 45.0 Å². The van der Waals surface area contributed by atoms with Crippen LogP contribution in [0, 0.1) is 6.92 Å². The van der Waals surface area contributed by atoms with E-state index in [0.717, 1.165) is 16.0 Å². The molecule has 168 valence electrons. The Morgan fingerprint density at radius 1 is 1.06 bits per heavy atom. The van der Waals surface area contributed by atoms with E-state index in [-0.39, 0.29) is 28.0 Å². The summed E-state index contributed by atoms with van der Waals surface area (Å²) in [4.78, 5) is 13.8. The lowest BCUT2D eigenvalue weighted by molar-refractivity contribution is -0.116. The first-order valence-electron chi connectivity index (χ1n) is 10.5. The number of benzene rings is 2. The second-order valence-corrected chi connectivity index (χ2v) is 10.4. The van der Waals surface area contributed by atoms with E-state index in [2.05, 4.69) is 5.32 Å². The fraction of sp³-hybridized carbons (Fsp3) is 0.292. The Morgan fingerprint density at radius 2 is 1.81 bits per heavy atom. The summed E-state index contributed by atoms with van der Waals surface area (Å²) in [5.74, 6) is 0.782. The van der Waals surface area contributed by atoms with Crippen molar-refractivity contribution in [3.63, 3.8) is 0 Å². The molecule has 1 atom stereocenters. The van der Waals surface area contributed by atoms with Crippen LogP contribution in [0.3, 0.4) is 0 Å². The van der Waals surface area contributed by atoms with Gasteiger partial charge in [0.15, 0.2) is 11.5 Å². The number of nitrogens with one attached hydrogen (secondary N) is 1. The number of sulfone groups is 1. The van der Waals surface area contributed by atoms with Gasteiger partial charge < -0.3 is 14.8 Å². The van der Waals surface area contributed by atoms with Gasteiger partial charge in [0.05, 0.1) is 23.8 Å². The summed E-state index contributed by atoms with van der Waals surface area (Å²) < 4.78 is 38.1. The third-order valence-corrected chi connectivity index (χ3v) is 8.34. The average molecular weight is 472 g/mol. The van der Waals surface area contributed by atoms with Crippen molar-refractivity contribution in [2.45, 2.75) is 42.9 Å². The number of carbonyl (C=O) groups is 1. The minimum Gasteiger partial charge on any atom is -0.490 e. The standard InChI is InChI=1S/C24H25NO5S2/c1-4-29-19-10-9-16(12-20(19)30-5-2)18-13-22(26)25-23-21(14-31-24(18)23)32(27,28)17-8-6-7-15(3)11-17/h6-12,14,18H,4-5,13H2,1-3H3,(H,25,26). The monoisotopic (exact) mass is 471 g/mol. The molecule has 8 heteroatoms. The van der Waals surface area contributed by atoms with E-state index in [9.17, 15) is 13.2 Å². The van der Waals surface area contributed by atoms with Gasteiger partial charge in [0.25, 0.3) is 0 Å². The summed E-state index contributed by atoms with van der Waals surface area (Å²) in [5, 5.41) is 4.43. The molecule has 0 saturated heterocycles. The SMILES string of the molecule is CCOc1ccc(C2CC(=O)Nc3c(S(=O)(=O)c4cccc(C)c4)csc32)cc1OCC. The molecule has 0 radical (unpaired) electrons. The minimum absolute atomic E-state index is 0.136. The van der Waals surface area contributed by atoms with E-state index < -0.39 is 9.84 Å². The van der Waals surface area contributed by atoms with Gasteiger partial charge in [-0.05, 0) is 56.2 Å². The van der Waals surface area contributed by atoms with E-state index in [0.29, 0.717) is 30.4 Å². The zero-order valence-corrected chi connectivity index (χ0v) is 19.8. The zero-order chi connectivity index (χ0) is 22.9. The molecule has 0 saturated carbocycles. The summed E-state index contributed by atoms with van der Waals surface area (Å²) in [6, 6.07) is 12.4. The van der Waals surface area contributed by atoms with Crippen molar-refractivity contribution < 1.29 is 22.7 Å². The third-order valence-electron chi connectivity index (χ3n) is 5.32. The molecule has 2 aromatic carbocycles. The fourth-order valence-corrected chi connectivity index (χ4v) is 6.88. The first-order valence-corrected chi connectivity index (χ1v) is 12.8. The van der Waals surface area contributed by atoms with Gasteiger partial charge in [0.2, 0.25) is 15.7 Å². The number of fused-ring (bicyclic) bond motifs is 1. The Kier molecular flexibility index (Phi) is 6.26. The number of ether oxygens (including phenoxy) is 2. The number of rotatable bonds is 7. The molecule has 1 aliphatic heterocycles. The van der Waals surface area contributed by atoms with Gasteiger partial charge in [-0.2, -0.15) is 0 Å². The number of thiophene rings is 1. The second kappa shape index (κ2) is 8.96. The van der Waals surface area contributed by atoms with E-state index >= 15 is 0 Å². The van der Waals surface area contributed by atoms with Gasteiger partial charge >= 0.3 is 0 Å². The van der Waals surface area contributed by atoms with Crippen LogP contribution in [0.25, 0.3) is 0 Å². The van der Waals surface area contributed by atoms with Gasteiger partial charge in [-0.1, -0.05) is 18.2 Å². The van der Waals surface area contributed by atoms with Crippen molar-refractivity contribution in [3.8, 4) is 11.5 Å². The average Bonchev–Trinajstić information content (AvgIpc) is 3.19. The van der Waals surface area contributed by atoms with E-state index in [4.69, 9.17) is 9.47 Å². The third kappa shape index (κ3) is 4.12. The van der Waals surface area contributed by atoms with Crippen molar-refractivity contribution in [3.05, 3.63) is 63.8 Å². The summed E-state index contributed by atoms with van der Waals surface area (Å²) in [7, 11) is -3.77. The first kappa shape index (κ1) is 22.4. The van der Waals surface area contributed by atoms with Gasteiger partial charge in [0, 0.05) is 22.6 Å². The molecule has 0 spiro atoms. The molecule has 0 fully saturated rings. The van der Waals surface area contributed by atoms with Crippen LogP contribution in [-0.4, -0.2) is 27.5 Å². The van der Waals surface area contributed by atoms with Crippen molar-refractivity contribution >= 4 is 32.8 Å². The van der Waals surface area contributed by atoms with Gasteiger partial charge in [0.1, 0.15) is 4.90 Å². The van der Waals surface area contributed by atoms with Crippen LogP contribution in [0.2, 0.25) is 0 Å². The maximum Gasteiger partial charge on any atom is 0.225 e. The lowest BCUT2D eigenvalue weighted by Crippen LogP contribution is -2.23. The minimum atomic E-state index is -3.77.